The topological polar surface area (TPSA) is 22.1 Å². The molecule has 2 nitrogen and oxygen atoms in total. The van der Waals surface area contributed by atoms with E-state index in [1.165, 1.54) is 0 Å². The van der Waals surface area contributed by atoms with E-state index in [2.05, 4.69) is 23.2 Å². The lowest BCUT2D eigenvalue weighted by Crippen LogP contribution is -1.88. The van der Waals surface area contributed by atoms with Gasteiger partial charge in [-0.25, -0.2) is 0 Å². The highest BCUT2D eigenvalue weighted by Gasteiger charge is 2.01. The summed E-state index contributed by atoms with van der Waals surface area (Å²) in [6.07, 6.45) is 7.60. The van der Waals surface area contributed by atoms with Crippen molar-refractivity contribution in [2.24, 2.45) is 0 Å². The zero-order valence-electron chi connectivity index (χ0n) is 11.5. The van der Waals surface area contributed by atoms with Crippen molar-refractivity contribution in [1.82, 2.24) is 4.98 Å². The van der Waals surface area contributed by atoms with Gasteiger partial charge >= 0.3 is 0 Å². The van der Waals surface area contributed by atoms with Crippen LogP contribution in [-0.2, 0) is 0 Å². The van der Waals surface area contributed by atoms with Crippen LogP contribution in [0.15, 0.2) is 79.1 Å². The van der Waals surface area contributed by atoms with Crippen molar-refractivity contribution in [2.45, 2.75) is 0 Å². The zero-order chi connectivity index (χ0) is 14.3. The molecule has 21 heavy (non-hydrogen) atoms. The predicted molar refractivity (Wildman–Crippen MR) is 86.1 cm³/mol. The van der Waals surface area contributed by atoms with E-state index in [0.717, 1.165) is 22.6 Å². The molecule has 0 spiro atoms. The minimum atomic E-state index is 0.795. The molecule has 0 amide bonds. The summed E-state index contributed by atoms with van der Waals surface area (Å²) < 4.78 is 5.91. The first-order valence-electron chi connectivity index (χ1n) is 6.82. The van der Waals surface area contributed by atoms with Gasteiger partial charge in [0, 0.05) is 18.0 Å². The molecule has 0 unspecified atom stereocenters. The second-order valence-corrected chi connectivity index (χ2v) is 4.57. The van der Waals surface area contributed by atoms with Crippen molar-refractivity contribution in [3.63, 3.8) is 0 Å². The van der Waals surface area contributed by atoms with Gasteiger partial charge in [0.1, 0.15) is 11.5 Å². The minimum Gasteiger partial charge on any atom is -0.457 e. The van der Waals surface area contributed by atoms with Crippen LogP contribution in [0.4, 0.5) is 0 Å². The fraction of sp³-hybridized carbons (Fsp3) is 0. The lowest BCUT2D eigenvalue weighted by molar-refractivity contribution is 0.481. The fourth-order valence-electron chi connectivity index (χ4n) is 1.98. The molecule has 0 bridgehead atoms. The van der Waals surface area contributed by atoms with Gasteiger partial charge in [-0.2, -0.15) is 0 Å². The van der Waals surface area contributed by atoms with Crippen LogP contribution in [-0.4, -0.2) is 4.98 Å². The highest BCUT2D eigenvalue weighted by Crippen LogP contribution is 2.25. The maximum absolute atomic E-state index is 5.91. The summed E-state index contributed by atoms with van der Waals surface area (Å²) in [5.74, 6) is 1.61. The third kappa shape index (κ3) is 3.57. The minimum absolute atomic E-state index is 0.795. The summed E-state index contributed by atoms with van der Waals surface area (Å²) in [6.45, 7) is 0. The average molecular weight is 273 g/mol. The monoisotopic (exact) mass is 273 g/mol. The van der Waals surface area contributed by atoms with Gasteiger partial charge in [0.05, 0.1) is 0 Å². The van der Waals surface area contributed by atoms with Crippen LogP contribution in [0, 0.1) is 0 Å². The molecular formula is C19H15NO. The third-order valence-electron chi connectivity index (χ3n) is 3.04. The third-order valence-corrected chi connectivity index (χ3v) is 3.04. The van der Waals surface area contributed by atoms with Crippen molar-refractivity contribution in [2.75, 3.05) is 0 Å². The first-order chi connectivity index (χ1) is 10.4. The van der Waals surface area contributed by atoms with Crippen LogP contribution >= 0.6 is 0 Å². The van der Waals surface area contributed by atoms with E-state index in [0.29, 0.717) is 0 Å². The molecule has 0 aliphatic carbocycles. The second kappa shape index (κ2) is 6.53. The average Bonchev–Trinajstić information content (AvgIpc) is 2.56. The zero-order valence-corrected chi connectivity index (χ0v) is 11.5. The molecule has 0 N–H and O–H groups in total. The highest BCUT2D eigenvalue weighted by atomic mass is 16.5. The number of aromatic nitrogens is 1. The molecule has 0 aliphatic rings. The molecule has 2 aromatic carbocycles. The number of rotatable bonds is 4. The molecule has 0 fully saturated rings. The second-order valence-electron chi connectivity index (χ2n) is 4.57. The first-order valence-corrected chi connectivity index (χ1v) is 6.82. The first kappa shape index (κ1) is 13.1. The van der Waals surface area contributed by atoms with Crippen LogP contribution < -0.4 is 4.74 Å². The van der Waals surface area contributed by atoms with E-state index in [4.69, 9.17) is 4.74 Å². The summed E-state index contributed by atoms with van der Waals surface area (Å²) in [5, 5.41) is 0. The van der Waals surface area contributed by atoms with Gasteiger partial charge in [0.25, 0.3) is 0 Å². The number of benzene rings is 2. The van der Waals surface area contributed by atoms with Gasteiger partial charge in [0.15, 0.2) is 0 Å². The van der Waals surface area contributed by atoms with Crippen LogP contribution in [0.1, 0.15) is 11.1 Å². The summed E-state index contributed by atoms with van der Waals surface area (Å²) >= 11 is 0. The smallest absolute Gasteiger partial charge is 0.137 e. The Morgan fingerprint density at radius 3 is 2.24 bits per heavy atom. The molecule has 102 valence electrons. The lowest BCUT2D eigenvalue weighted by Gasteiger charge is -2.08. The summed E-state index contributed by atoms with van der Waals surface area (Å²) in [4.78, 5) is 4.17. The molecular weight excluding hydrogens is 258 g/mol. The Hall–Kier alpha value is -2.87. The van der Waals surface area contributed by atoms with E-state index in [1.54, 1.807) is 12.4 Å². The van der Waals surface area contributed by atoms with Crippen molar-refractivity contribution in [3.8, 4) is 11.5 Å². The Kier molecular flexibility index (Phi) is 4.08. The molecule has 3 aromatic rings. The Morgan fingerprint density at radius 2 is 1.48 bits per heavy atom. The van der Waals surface area contributed by atoms with E-state index < -0.39 is 0 Å². The summed E-state index contributed by atoms with van der Waals surface area (Å²) in [7, 11) is 0. The van der Waals surface area contributed by atoms with Gasteiger partial charge < -0.3 is 4.74 Å². The highest BCUT2D eigenvalue weighted by molar-refractivity contribution is 5.72. The number of pyridine rings is 1. The summed E-state index contributed by atoms with van der Waals surface area (Å²) in [5.41, 5.74) is 2.09. The van der Waals surface area contributed by atoms with Crippen molar-refractivity contribution in [1.29, 1.82) is 0 Å². The lowest BCUT2D eigenvalue weighted by atomic mass is 10.1. The Bertz CT molecular complexity index is 721. The van der Waals surface area contributed by atoms with Crippen molar-refractivity contribution >= 4 is 12.2 Å². The van der Waals surface area contributed by atoms with Crippen LogP contribution in [0.2, 0.25) is 0 Å². The predicted octanol–water partition coefficient (Wildman–Crippen LogP) is 5.04. The molecule has 0 atom stereocenters. The van der Waals surface area contributed by atoms with E-state index in [9.17, 15) is 0 Å². The molecule has 0 radical (unpaired) electrons. The number of ether oxygens (including phenoxy) is 1. The molecule has 2 heteroatoms. The van der Waals surface area contributed by atoms with Crippen LogP contribution in [0.3, 0.4) is 0 Å². The quantitative estimate of drug-likeness (QED) is 0.664. The summed E-state index contributed by atoms with van der Waals surface area (Å²) in [6, 6.07) is 21.8. The van der Waals surface area contributed by atoms with E-state index in [1.807, 2.05) is 60.7 Å². The molecule has 0 aliphatic heterocycles. The molecule has 1 aromatic heterocycles. The van der Waals surface area contributed by atoms with Gasteiger partial charge in [-0.1, -0.05) is 54.6 Å². The van der Waals surface area contributed by atoms with Crippen LogP contribution in [0.5, 0.6) is 11.5 Å². The Labute approximate surface area is 124 Å². The van der Waals surface area contributed by atoms with E-state index in [-0.39, 0.29) is 0 Å². The Balaban J connectivity index is 1.84. The molecule has 3 rings (SSSR count). The fourth-order valence-corrected chi connectivity index (χ4v) is 1.98. The maximum atomic E-state index is 5.91. The molecule has 0 saturated heterocycles. The SMILES string of the molecule is C(=C\c1cnccc1Oc1ccccc1)/c1ccccc1. The van der Waals surface area contributed by atoms with Crippen LogP contribution in [0.25, 0.3) is 12.2 Å². The number of nitrogens with zero attached hydrogens (tertiary/aromatic N) is 1. The van der Waals surface area contributed by atoms with Gasteiger partial charge in [-0.3, -0.25) is 4.98 Å². The van der Waals surface area contributed by atoms with Crippen molar-refractivity contribution in [3.05, 3.63) is 90.3 Å². The number of hydrogen-bond acceptors (Lipinski definition) is 2. The maximum Gasteiger partial charge on any atom is 0.137 e. The van der Waals surface area contributed by atoms with Gasteiger partial charge in [-0.15, -0.1) is 0 Å². The normalized spacial score (nSPS) is 10.7. The van der Waals surface area contributed by atoms with Crippen molar-refractivity contribution < 1.29 is 4.74 Å². The molecule has 0 saturated carbocycles. The molecule has 1 heterocycles. The number of para-hydroxylation sites is 1. The largest absolute Gasteiger partial charge is 0.457 e. The Morgan fingerprint density at radius 1 is 0.762 bits per heavy atom. The van der Waals surface area contributed by atoms with Gasteiger partial charge in [-0.05, 0) is 29.8 Å². The van der Waals surface area contributed by atoms with E-state index >= 15 is 0 Å². The number of hydrogen-bond donors (Lipinski definition) is 0. The van der Waals surface area contributed by atoms with Gasteiger partial charge in [0.2, 0.25) is 0 Å². The standard InChI is InChI=1S/C19H15NO/c1-3-7-16(8-4-1)11-12-17-15-20-14-13-19(17)21-18-9-5-2-6-10-18/h1-15H/b12-11+.